The third kappa shape index (κ3) is 4.68. The average Bonchev–Trinajstić information content (AvgIpc) is 2.46. The largest absolute Gasteiger partial charge is 0.326 e. The molecule has 1 amide bonds. The van der Waals surface area contributed by atoms with Crippen LogP contribution in [0.2, 0.25) is 0 Å². The lowest BCUT2D eigenvalue weighted by Crippen LogP contribution is -2.18. The summed E-state index contributed by atoms with van der Waals surface area (Å²) in [5, 5.41) is 6.08. The summed E-state index contributed by atoms with van der Waals surface area (Å²) in [6, 6.07) is 14.4. The molecular formula is C17H19FN2O. The van der Waals surface area contributed by atoms with Crippen molar-refractivity contribution < 1.29 is 9.18 Å². The first kappa shape index (κ1) is 15.2. The molecule has 0 aliphatic carbocycles. The maximum atomic E-state index is 13.5. The SMILES string of the molecule is CC(=O)Nc1ccccc1CNCCc1ccccc1F. The Hall–Kier alpha value is -2.20. The summed E-state index contributed by atoms with van der Waals surface area (Å²) in [4.78, 5) is 11.1. The number of nitrogens with one attached hydrogen (secondary N) is 2. The molecule has 0 aliphatic heterocycles. The van der Waals surface area contributed by atoms with Crippen molar-refractivity contribution in [1.29, 1.82) is 0 Å². The maximum Gasteiger partial charge on any atom is 0.221 e. The number of carbonyl (C=O) groups excluding carboxylic acids is 1. The Kier molecular flexibility index (Phi) is 5.46. The number of anilines is 1. The van der Waals surface area contributed by atoms with Gasteiger partial charge in [0.05, 0.1) is 0 Å². The number of para-hydroxylation sites is 1. The van der Waals surface area contributed by atoms with Crippen molar-refractivity contribution in [2.24, 2.45) is 0 Å². The van der Waals surface area contributed by atoms with Crippen molar-refractivity contribution in [1.82, 2.24) is 5.32 Å². The first-order valence-corrected chi connectivity index (χ1v) is 6.96. The molecule has 0 aromatic heterocycles. The van der Waals surface area contributed by atoms with Crippen LogP contribution < -0.4 is 10.6 Å². The summed E-state index contributed by atoms with van der Waals surface area (Å²) in [5.41, 5.74) is 2.53. The quantitative estimate of drug-likeness (QED) is 0.801. The van der Waals surface area contributed by atoms with E-state index in [9.17, 15) is 9.18 Å². The summed E-state index contributed by atoms with van der Waals surface area (Å²) < 4.78 is 13.5. The van der Waals surface area contributed by atoms with Crippen molar-refractivity contribution in [2.45, 2.75) is 19.9 Å². The fraction of sp³-hybridized carbons (Fsp3) is 0.235. The fourth-order valence-electron chi connectivity index (χ4n) is 2.13. The summed E-state index contributed by atoms with van der Waals surface area (Å²) in [6.45, 7) is 2.79. The van der Waals surface area contributed by atoms with Crippen LogP contribution in [0.3, 0.4) is 0 Å². The van der Waals surface area contributed by atoms with Crippen molar-refractivity contribution in [3.63, 3.8) is 0 Å². The van der Waals surface area contributed by atoms with Crippen LogP contribution >= 0.6 is 0 Å². The minimum Gasteiger partial charge on any atom is -0.326 e. The van der Waals surface area contributed by atoms with Gasteiger partial charge in [-0.2, -0.15) is 0 Å². The van der Waals surface area contributed by atoms with E-state index in [-0.39, 0.29) is 11.7 Å². The van der Waals surface area contributed by atoms with Gasteiger partial charge in [-0.15, -0.1) is 0 Å². The predicted octanol–water partition coefficient (Wildman–Crippen LogP) is 3.12. The predicted molar refractivity (Wildman–Crippen MR) is 82.6 cm³/mol. The molecule has 0 unspecified atom stereocenters. The zero-order chi connectivity index (χ0) is 15.1. The second-order valence-corrected chi connectivity index (χ2v) is 4.86. The van der Waals surface area contributed by atoms with Gasteiger partial charge in [0.1, 0.15) is 5.82 Å². The van der Waals surface area contributed by atoms with Crippen LogP contribution in [0.1, 0.15) is 18.1 Å². The van der Waals surface area contributed by atoms with Gasteiger partial charge in [-0.05, 0) is 36.2 Å². The van der Waals surface area contributed by atoms with Crippen molar-refractivity contribution in [3.8, 4) is 0 Å². The smallest absolute Gasteiger partial charge is 0.221 e. The Morgan fingerprint density at radius 3 is 2.43 bits per heavy atom. The Labute approximate surface area is 124 Å². The molecule has 0 heterocycles. The number of hydrogen-bond donors (Lipinski definition) is 2. The van der Waals surface area contributed by atoms with Gasteiger partial charge in [-0.3, -0.25) is 4.79 Å². The summed E-state index contributed by atoms with van der Waals surface area (Å²) in [7, 11) is 0. The van der Waals surface area contributed by atoms with Gasteiger partial charge >= 0.3 is 0 Å². The molecule has 0 bridgehead atoms. The van der Waals surface area contributed by atoms with Gasteiger partial charge in [0.2, 0.25) is 5.91 Å². The Bertz CT molecular complexity index is 613. The number of rotatable bonds is 6. The lowest BCUT2D eigenvalue weighted by atomic mass is 10.1. The summed E-state index contributed by atoms with van der Waals surface area (Å²) in [6.07, 6.45) is 0.634. The van der Waals surface area contributed by atoms with E-state index in [1.807, 2.05) is 30.3 Å². The number of hydrogen-bond acceptors (Lipinski definition) is 2. The molecule has 0 aliphatic rings. The number of amides is 1. The molecule has 21 heavy (non-hydrogen) atoms. The number of carbonyl (C=O) groups is 1. The van der Waals surface area contributed by atoms with E-state index < -0.39 is 0 Å². The molecule has 0 radical (unpaired) electrons. The van der Waals surface area contributed by atoms with Gasteiger partial charge in [0.15, 0.2) is 0 Å². The zero-order valence-corrected chi connectivity index (χ0v) is 12.0. The highest BCUT2D eigenvalue weighted by atomic mass is 19.1. The minimum atomic E-state index is -0.169. The Balaban J connectivity index is 1.86. The number of halogens is 1. The second-order valence-electron chi connectivity index (χ2n) is 4.86. The van der Waals surface area contributed by atoms with Crippen LogP contribution in [0.5, 0.6) is 0 Å². The van der Waals surface area contributed by atoms with Crippen molar-refractivity contribution in [2.75, 3.05) is 11.9 Å². The Morgan fingerprint density at radius 1 is 1.05 bits per heavy atom. The van der Waals surface area contributed by atoms with E-state index in [1.54, 1.807) is 12.1 Å². The fourth-order valence-corrected chi connectivity index (χ4v) is 2.13. The lowest BCUT2D eigenvalue weighted by molar-refractivity contribution is -0.114. The van der Waals surface area contributed by atoms with E-state index in [0.717, 1.165) is 11.3 Å². The molecular weight excluding hydrogens is 267 g/mol. The van der Waals surface area contributed by atoms with Gasteiger partial charge < -0.3 is 10.6 Å². The van der Waals surface area contributed by atoms with Crippen molar-refractivity contribution in [3.05, 3.63) is 65.5 Å². The lowest BCUT2D eigenvalue weighted by Gasteiger charge is -2.11. The van der Waals surface area contributed by atoms with Gasteiger partial charge in [0.25, 0.3) is 0 Å². The molecule has 0 saturated heterocycles. The van der Waals surface area contributed by atoms with Crippen LogP contribution in [-0.4, -0.2) is 12.5 Å². The monoisotopic (exact) mass is 286 g/mol. The van der Waals surface area contributed by atoms with E-state index in [2.05, 4.69) is 10.6 Å². The average molecular weight is 286 g/mol. The van der Waals surface area contributed by atoms with Crippen molar-refractivity contribution >= 4 is 11.6 Å². The summed E-state index contributed by atoms with van der Waals surface area (Å²) in [5.74, 6) is -0.258. The summed E-state index contributed by atoms with van der Waals surface area (Å²) >= 11 is 0. The Morgan fingerprint density at radius 2 is 1.71 bits per heavy atom. The zero-order valence-electron chi connectivity index (χ0n) is 12.0. The standard InChI is InChI=1S/C17H19FN2O/c1-13(21)20-17-9-5-3-7-15(17)12-19-11-10-14-6-2-4-8-16(14)18/h2-9,19H,10-12H2,1H3,(H,20,21). The molecule has 3 nitrogen and oxygen atoms in total. The molecule has 0 saturated carbocycles. The molecule has 2 N–H and O–H groups in total. The third-order valence-corrected chi connectivity index (χ3v) is 3.17. The number of benzene rings is 2. The molecule has 2 aromatic rings. The van der Waals surface area contributed by atoms with Crippen LogP contribution in [0, 0.1) is 5.82 Å². The van der Waals surface area contributed by atoms with Crippen LogP contribution in [0.15, 0.2) is 48.5 Å². The molecule has 110 valence electrons. The second kappa shape index (κ2) is 7.55. The molecule has 0 atom stereocenters. The van der Waals surface area contributed by atoms with Gasteiger partial charge in [-0.1, -0.05) is 36.4 Å². The van der Waals surface area contributed by atoms with Gasteiger partial charge in [-0.25, -0.2) is 4.39 Å². The third-order valence-electron chi connectivity index (χ3n) is 3.17. The van der Waals surface area contributed by atoms with Crippen LogP contribution in [-0.2, 0) is 17.8 Å². The topological polar surface area (TPSA) is 41.1 Å². The first-order valence-electron chi connectivity index (χ1n) is 6.96. The molecule has 2 aromatic carbocycles. The highest BCUT2D eigenvalue weighted by molar-refractivity contribution is 5.89. The molecule has 0 spiro atoms. The van der Waals surface area contributed by atoms with Gasteiger partial charge in [0, 0.05) is 19.2 Å². The maximum absolute atomic E-state index is 13.5. The van der Waals surface area contributed by atoms with E-state index in [4.69, 9.17) is 0 Å². The van der Waals surface area contributed by atoms with E-state index in [1.165, 1.54) is 13.0 Å². The first-order chi connectivity index (χ1) is 10.2. The molecule has 2 rings (SSSR count). The van der Waals surface area contributed by atoms with E-state index in [0.29, 0.717) is 25.1 Å². The normalized spacial score (nSPS) is 10.4. The minimum absolute atomic E-state index is 0.0891. The van der Waals surface area contributed by atoms with Crippen LogP contribution in [0.4, 0.5) is 10.1 Å². The highest BCUT2D eigenvalue weighted by Crippen LogP contribution is 2.14. The molecule has 4 heteroatoms. The van der Waals surface area contributed by atoms with Crippen LogP contribution in [0.25, 0.3) is 0 Å². The highest BCUT2D eigenvalue weighted by Gasteiger charge is 2.03. The molecule has 0 fully saturated rings. The van der Waals surface area contributed by atoms with E-state index >= 15 is 0 Å².